The molecule has 184 valence electrons. The van der Waals surface area contributed by atoms with Crippen molar-refractivity contribution < 1.29 is 18.4 Å². The van der Waals surface area contributed by atoms with Gasteiger partial charge >= 0.3 is 5.97 Å². The van der Waals surface area contributed by atoms with Crippen molar-refractivity contribution in [3.05, 3.63) is 72.8 Å². The van der Waals surface area contributed by atoms with Crippen molar-refractivity contribution in [2.45, 2.75) is 76.9 Å². The van der Waals surface area contributed by atoms with E-state index in [1.807, 2.05) is 18.2 Å². The van der Waals surface area contributed by atoms with Crippen LogP contribution in [0.25, 0.3) is 0 Å². The highest BCUT2D eigenvalue weighted by molar-refractivity contribution is 6.99. The predicted molar refractivity (Wildman–Crippen MR) is 145 cm³/mol. The standard InChI is InChI=1S/C28H40O4Si2/c1-27(2,3)33(7,8)30-21-25(24-19-20-26(29)31-24)32-34(28(4,5)6,22-15-11-9-12-16-22)23-17-13-10-14-18-23/h9-20,24-25H,21H2,1-8H3/t24-,25-/m1/s1. The molecule has 0 fully saturated rings. The molecule has 1 heterocycles. The number of ether oxygens (including phenoxy) is 1. The smallest absolute Gasteiger partial charge is 0.331 e. The summed E-state index contributed by atoms with van der Waals surface area (Å²) in [5.74, 6) is -0.326. The Labute approximate surface area is 207 Å². The molecule has 0 N–H and O–H groups in total. The molecule has 3 rings (SSSR count). The van der Waals surface area contributed by atoms with Crippen LogP contribution < -0.4 is 10.4 Å². The lowest BCUT2D eigenvalue weighted by Gasteiger charge is -2.46. The SMILES string of the molecule is CC(C)(C)[Si](C)(C)OC[C@@H](O[Si](c1ccccc1)(c1ccccc1)C(C)(C)C)[C@H]1C=CC(=O)O1. The molecule has 0 radical (unpaired) electrons. The van der Waals surface area contributed by atoms with Gasteiger partial charge in [-0.1, -0.05) is 102 Å². The molecule has 0 amide bonds. The maximum Gasteiger partial charge on any atom is 0.331 e. The first-order valence-corrected chi connectivity index (χ1v) is 16.9. The minimum atomic E-state index is -2.83. The fourth-order valence-corrected chi connectivity index (χ4v) is 9.89. The maximum atomic E-state index is 12.0. The van der Waals surface area contributed by atoms with E-state index in [-0.39, 0.29) is 16.0 Å². The van der Waals surface area contributed by atoms with E-state index in [9.17, 15) is 4.79 Å². The molecule has 1 aliphatic heterocycles. The van der Waals surface area contributed by atoms with E-state index in [0.717, 1.165) is 0 Å². The molecule has 2 aromatic carbocycles. The zero-order valence-electron chi connectivity index (χ0n) is 21.9. The van der Waals surface area contributed by atoms with Crippen LogP contribution in [0, 0.1) is 0 Å². The molecule has 4 nitrogen and oxygen atoms in total. The fourth-order valence-electron chi connectivity index (χ4n) is 4.21. The van der Waals surface area contributed by atoms with Gasteiger partial charge in [-0.2, -0.15) is 0 Å². The van der Waals surface area contributed by atoms with Crippen LogP contribution in [0.1, 0.15) is 41.5 Å². The van der Waals surface area contributed by atoms with Gasteiger partial charge in [0.15, 0.2) is 8.32 Å². The van der Waals surface area contributed by atoms with E-state index in [2.05, 4.69) is 103 Å². The zero-order valence-corrected chi connectivity index (χ0v) is 23.9. The van der Waals surface area contributed by atoms with Gasteiger partial charge < -0.3 is 13.6 Å². The Morgan fingerprint density at radius 2 is 1.35 bits per heavy atom. The molecular formula is C28H40O4Si2. The summed E-state index contributed by atoms with van der Waals surface area (Å²) in [6.07, 6.45) is 2.43. The molecule has 6 heteroatoms. The number of rotatable bonds is 8. The van der Waals surface area contributed by atoms with Crippen molar-refractivity contribution in [2.75, 3.05) is 6.61 Å². The number of cyclic esters (lactones) is 1. The summed E-state index contributed by atoms with van der Waals surface area (Å²) >= 11 is 0. The Bertz CT molecular complexity index is 949. The molecule has 0 unspecified atom stereocenters. The lowest BCUT2D eigenvalue weighted by molar-refractivity contribution is -0.142. The molecule has 0 saturated heterocycles. The van der Waals surface area contributed by atoms with Gasteiger partial charge in [-0.3, -0.25) is 0 Å². The summed E-state index contributed by atoms with van der Waals surface area (Å²) in [6.45, 7) is 18.3. The highest BCUT2D eigenvalue weighted by Gasteiger charge is 2.53. The van der Waals surface area contributed by atoms with Gasteiger partial charge in [-0.05, 0) is 39.6 Å². The van der Waals surface area contributed by atoms with Crippen molar-refractivity contribution in [3.63, 3.8) is 0 Å². The molecule has 34 heavy (non-hydrogen) atoms. The van der Waals surface area contributed by atoms with E-state index < -0.39 is 28.8 Å². The lowest BCUT2D eigenvalue weighted by atomic mass is 10.2. The third-order valence-corrected chi connectivity index (χ3v) is 16.8. The molecule has 0 saturated carbocycles. The van der Waals surface area contributed by atoms with Crippen molar-refractivity contribution in [3.8, 4) is 0 Å². The van der Waals surface area contributed by atoms with Gasteiger partial charge in [0, 0.05) is 6.08 Å². The molecule has 2 atom stereocenters. The van der Waals surface area contributed by atoms with Gasteiger partial charge in [-0.15, -0.1) is 0 Å². The molecule has 1 aliphatic rings. The topological polar surface area (TPSA) is 44.8 Å². The monoisotopic (exact) mass is 496 g/mol. The average molecular weight is 497 g/mol. The van der Waals surface area contributed by atoms with Crippen LogP contribution >= 0.6 is 0 Å². The van der Waals surface area contributed by atoms with Crippen molar-refractivity contribution >= 4 is 33.0 Å². The summed E-state index contributed by atoms with van der Waals surface area (Å²) in [5.41, 5.74) is 0. The van der Waals surface area contributed by atoms with E-state index >= 15 is 0 Å². The Morgan fingerprint density at radius 3 is 1.74 bits per heavy atom. The average Bonchev–Trinajstić information content (AvgIpc) is 3.19. The Hall–Kier alpha value is -2.00. The second kappa shape index (κ2) is 9.93. The van der Waals surface area contributed by atoms with Crippen molar-refractivity contribution in [2.24, 2.45) is 0 Å². The molecule has 0 aliphatic carbocycles. The summed E-state index contributed by atoms with van der Waals surface area (Å²) in [6, 6.07) is 21.1. The Morgan fingerprint density at radius 1 is 0.853 bits per heavy atom. The van der Waals surface area contributed by atoms with Gasteiger partial charge in [-0.25, -0.2) is 4.79 Å². The number of esters is 1. The minimum Gasteiger partial charge on any atom is -0.452 e. The maximum absolute atomic E-state index is 12.0. The van der Waals surface area contributed by atoms with Crippen LogP contribution in [-0.2, 0) is 18.4 Å². The summed E-state index contributed by atoms with van der Waals surface area (Å²) < 4.78 is 19.7. The van der Waals surface area contributed by atoms with Crippen molar-refractivity contribution in [1.82, 2.24) is 0 Å². The number of carbonyl (C=O) groups excluding carboxylic acids is 1. The lowest BCUT2D eigenvalue weighted by Crippen LogP contribution is -2.69. The zero-order chi connectivity index (χ0) is 25.2. The van der Waals surface area contributed by atoms with Crippen LogP contribution in [0.15, 0.2) is 72.8 Å². The molecule has 2 aromatic rings. The summed E-state index contributed by atoms with van der Waals surface area (Å²) in [7, 11) is -4.88. The van der Waals surface area contributed by atoms with E-state index in [1.165, 1.54) is 16.4 Å². The number of benzene rings is 2. The normalized spacial score (nSPS) is 18.1. The second-order valence-electron chi connectivity index (χ2n) is 11.7. The first-order chi connectivity index (χ1) is 15.8. The van der Waals surface area contributed by atoms with E-state index in [1.54, 1.807) is 0 Å². The van der Waals surface area contributed by atoms with E-state index in [4.69, 9.17) is 13.6 Å². The highest BCUT2D eigenvalue weighted by atomic mass is 28.4. The highest BCUT2D eigenvalue weighted by Crippen LogP contribution is 2.40. The molecule has 0 aromatic heterocycles. The van der Waals surface area contributed by atoms with Gasteiger partial charge in [0.1, 0.15) is 12.2 Å². The van der Waals surface area contributed by atoms with Gasteiger partial charge in [0.05, 0.1) is 6.61 Å². The number of hydrogen-bond acceptors (Lipinski definition) is 4. The van der Waals surface area contributed by atoms with E-state index in [0.29, 0.717) is 6.61 Å². The molecular weight excluding hydrogens is 456 g/mol. The first kappa shape index (κ1) is 26.6. The molecule has 0 bridgehead atoms. The van der Waals surface area contributed by atoms with Crippen LogP contribution in [0.3, 0.4) is 0 Å². The van der Waals surface area contributed by atoms with Crippen LogP contribution in [-0.4, -0.2) is 41.4 Å². The Balaban J connectivity index is 2.11. The number of hydrogen-bond donors (Lipinski definition) is 0. The Kier molecular flexibility index (Phi) is 7.77. The third-order valence-electron chi connectivity index (χ3n) is 7.20. The second-order valence-corrected chi connectivity index (χ2v) is 20.7. The fraction of sp³-hybridized carbons (Fsp3) is 0.464. The first-order valence-electron chi connectivity index (χ1n) is 12.1. The van der Waals surface area contributed by atoms with Crippen molar-refractivity contribution in [1.29, 1.82) is 0 Å². The van der Waals surface area contributed by atoms with Crippen LogP contribution in [0.5, 0.6) is 0 Å². The minimum absolute atomic E-state index is 0.0666. The summed E-state index contributed by atoms with van der Waals surface area (Å²) in [5, 5.41) is 2.27. The number of carbonyl (C=O) groups is 1. The predicted octanol–water partition coefficient (Wildman–Crippen LogP) is 5.44. The van der Waals surface area contributed by atoms with Gasteiger partial charge in [0.2, 0.25) is 0 Å². The van der Waals surface area contributed by atoms with Crippen LogP contribution in [0.4, 0.5) is 0 Å². The quantitative estimate of drug-likeness (QED) is 0.361. The largest absolute Gasteiger partial charge is 0.452 e. The van der Waals surface area contributed by atoms with Crippen LogP contribution in [0.2, 0.25) is 23.2 Å². The molecule has 0 spiro atoms. The third kappa shape index (κ3) is 5.46. The van der Waals surface area contributed by atoms with Gasteiger partial charge in [0.25, 0.3) is 8.32 Å². The summed E-state index contributed by atoms with van der Waals surface area (Å²) in [4.78, 5) is 12.0.